The number of hydrogen-bond donors (Lipinski definition) is 1. The number of allylic oxidation sites excluding steroid dienone is 1. The number of carbonyl (C=O) groups is 3. The van der Waals surface area contributed by atoms with E-state index in [1.54, 1.807) is 0 Å². The molecule has 0 radical (unpaired) electrons. The average Bonchev–Trinajstić information content (AvgIpc) is 3.00. The van der Waals surface area contributed by atoms with Crippen LogP contribution in [0, 0.1) is 11.3 Å². The molecule has 0 spiro atoms. The molecule has 1 aliphatic carbocycles. The van der Waals surface area contributed by atoms with Crippen molar-refractivity contribution in [3.05, 3.63) is 11.8 Å². The quantitative estimate of drug-likeness (QED) is 0.242. The van der Waals surface area contributed by atoms with Crippen molar-refractivity contribution < 1.29 is 49.0 Å². The van der Waals surface area contributed by atoms with Gasteiger partial charge in [0, 0.05) is 5.92 Å². The van der Waals surface area contributed by atoms with E-state index in [9.17, 15) is 19.5 Å². The first kappa shape index (κ1) is 20.3. The minimum atomic E-state index is -1.46. The van der Waals surface area contributed by atoms with Gasteiger partial charge in [0.15, 0.2) is 0 Å². The van der Waals surface area contributed by atoms with Crippen molar-refractivity contribution in [1.82, 2.24) is 5.32 Å². The summed E-state index contributed by atoms with van der Waals surface area (Å²) < 4.78 is 0. The predicted molar refractivity (Wildman–Crippen MR) is 72.3 cm³/mol. The molecule has 1 N–H and O–H groups in total. The molecular weight excluding hydrogens is 281 g/mol. The summed E-state index contributed by atoms with van der Waals surface area (Å²) in [6.45, 7) is 5.85. The molecule has 0 saturated heterocycles. The van der Waals surface area contributed by atoms with E-state index in [0.717, 1.165) is 19.3 Å². The zero-order valence-corrected chi connectivity index (χ0v) is 15.3. The number of unbranched alkanes of at least 4 members (excludes halogenated alkanes) is 3. The molecule has 6 heteroatoms. The number of carboxylic acids is 1. The molecule has 0 aliphatic heterocycles. The van der Waals surface area contributed by atoms with Crippen molar-refractivity contribution >= 4 is 17.7 Å². The molecule has 21 heavy (non-hydrogen) atoms. The van der Waals surface area contributed by atoms with E-state index in [1.165, 1.54) is 6.08 Å². The Hall–Kier alpha value is -0.650. The SMILES string of the molecule is CCCCC/C=C(/NC(=O)C(=O)C1CC1(C)C)C(=O)[O-].[Na+]. The van der Waals surface area contributed by atoms with Gasteiger partial charge >= 0.3 is 29.6 Å². The van der Waals surface area contributed by atoms with E-state index in [0.29, 0.717) is 12.8 Å². The fourth-order valence-electron chi connectivity index (χ4n) is 2.08. The molecule has 1 amide bonds. The maximum Gasteiger partial charge on any atom is 1.00 e. The van der Waals surface area contributed by atoms with Crippen LogP contribution in [0.4, 0.5) is 0 Å². The molecule has 112 valence electrons. The molecule has 5 nitrogen and oxygen atoms in total. The standard InChI is InChI=1S/C15H23NO4.Na/c1-4-5-6-7-8-11(14(19)20)16-13(18)12(17)10-9-15(10,2)3;/h8,10H,4-7,9H2,1-3H3,(H,16,18)(H,19,20);/q;+1/p-1/b11-8+;. The van der Waals surface area contributed by atoms with Crippen molar-refractivity contribution in [3.63, 3.8) is 0 Å². The summed E-state index contributed by atoms with van der Waals surface area (Å²) in [7, 11) is 0. The van der Waals surface area contributed by atoms with Gasteiger partial charge < -0.3 is 15.2 Å². The van der Waals surface area contributed by atoms with Gasteiger partial charge in [-0.15, -0.1) is 0 Å². The Kier molecular flexibility index (Phi) is 8.44. The topological polar surface area (TPSA) is 86.3 Å². The average molecular weight is 303 g/mol. The number of nitrogens with one attached hydrogen (secondary N) is 1. The number of ketones is 1. The van der Waals surface area contributed by atoms with E-state index in [-0.39, 0.29) is 46.6 Å². The first-order valence-electron chi connectivity index (χ1n) is 7.06. The fraction of sp³-hybridized carbons (Fsp3) is 0.667. The Morgan fingerprint density at radius 1 is 1.29 bits per heavy atom. The van der Waals surface area contributed by atoms with Gasteiger partial charge in [0.25, 0.3) is 5.91 Å². The third-order valence-electron chi connectivity index (χ3n) is 3.68. The Morgan fingerprint density at radius 3 is 2.29 bits per heavy atom. The summed E-state index contributed by atoms with van der Waals surface area (Å²) in [6, 6.07) is 0. The monoisotopic (exact) mass is 303 g/mol. The summed E-state index contributed by atoms with van der Waals surface area (Å²) in [4.78, 5) is 34.5. The maximum absolute atomic E-state index is 11.8. The van der Waals surface area contributed by atoms with Crippen LogP contribution < -0.4 is 40.0 Å². The smallest absolute Gasteiger partial charge is 0.543 e. The Morgan fingerprint density at radius 2 is 1.86 bits per heavy atom. The minimum absolute atomic E-state index is 0. The molecule has 1 fully saturated rings. The molecule has 1 unspecified atom stereocenters. The summed E-state index contributed by atoms with van der Waals surface area (Å²) in [5, 5.41) is 13.1. The van der Waals surface area contributed by atoms with Crippen LogP contribution in [-0.2, 0) is 14.4 Å². The molecular formula is C15H22NNaO4. The predicted octanol–water partition coefficient (Wildman–Crippen LogP) is -2.06. The van der Waals surface area contributed by atoms with Crippen LogP contribution in [0.15, 0.2) is 11.8 Å². The van der Waals surface area contributed by atoms with E-state index >= 15 is 0 Å². The van der Waals surface area contributed by atoms with E-state index in [4.69, 9.17) is 0 Å². The maximum atomic E-state index is 11.8. The van der Waals surface area contributed by atoms with Crippen molar-refractivity contribution in [2.75, 3.05) is 0 Å². The zero-order valence-electron chi connectivity index (χ0n) is 13.3. The second-order valence-corrected chi connectivity index (χ2v) is 5.96. The Labute approximate surface area is 147 Å². The van der Waals surface area contributed by atoms with Gasteiger partial charge in [-0.25, -0.2) is 0 Å². The summed E-state index contributed by atoms with van der Waals surface area (Å²) in [5.41, 5.74) is -0.459. The van der Waals surface area contributed by atoms with E-state index in [2.05, 4.69) is 5.32 Å². The second kappa shape index (κ2) is 8.71. The zero-order chi connectivity index (χ0) is 15.3. The summed E-state index contributed by atoms with van der Waals surface area (Å²) >= 11 is 0. The van der Waals surface area contributed by atoms with Crippen LogP contribution in [0.2, 0.25) is 0 Å². The number of amides is 1. The molecule has 0 heterocycles. The van der Waals surface area contributed by atoms with Crippen LogP contribution in [0.5, 0.6) is 0 Å². The molecule has 0 aromatic rings. The third-order valence-corrected chi connectivity index (χ3v) is 3.68. The molecule has 0 aromatic carbocycles. The number of Topliss-reactive ketones (excluding diaryl/α,β-unsaturated/α-hetero) is 1. The van der Waals surface area contributed by atoms with Gasteiger partial charge in [0.2, 0.25) is 5.78 Å². The largest absolute Gasteiger partial charge is 1.00 e. The van der Waals surface area contributed by atoms with Gasteiger partial charge in [0.05, 0.1) is 11.7 Å². The van der Waals surface area contributed by atoms with Crippen LogP contribution >= 0.6 is 0 Å². The van der Waals surface area contributed by atoms with Gasteiger partial charge in [-0.2, -0.15) is 0 Å². The van der Waals surface area contributed by atoms with E-state index in [1.807, 2.05) is 20.8 Å². The van der Waals surface area contributed by atoms with Crippen molar-refractivity contribution in [3.8, 4) is 0 Å². The van der Waals surface area contributed by atoms with Crippen molar-refractivity contribution in [2.24, 2.45) is 11.3 Å². The summed E-state index contributed by atoms with van der Waals surface area (Å²) in [5.74, 6) is -3.16. The van der Waals surface area contributed by atoms with Gasteiger partial charge in [-0.3, -0.25) is 9.59 Å². The van der Waals surface area contributed by atoms with Gasteiger partial charge in [0.1, 0.15) is 0 Å². The van der Waals surface area contributed by atoms with Gasteiger partial charge in [-0.05, 0) is 24.7 Å². The van der Waals surface area contributed by atoms with Crippen molar-refractivity contribution in [1.29, 1.82) is 0 Å². The van der Waals surface area contributed by atoms with Crippen molar-refractivity contribution in [2.45, 2.75) is 52.9 Å². The third kappa shape index (κ3) is 6.32. The molecule has 1 saturated carbocycles. The van der Waals surface area contributed by atoms with Crippen LogP contribution in [0.3, 0.4) is 0 Å². The first-order valence-corrected chi connectivity index (χ1v) is 7.06. The van der Waals surface area contributed by atoms with Crippen LogP contribution in [0.1, 0.15) is 52.9 Å². The molecule has 1 atom stereocenters. The number of carboxylic acid groups (broad SMARTS) is 1. The fourth-order valence-corrected chi connectivity index (χ4v) is 2.08. The number of rotatable bonds is 8. The van der Waals surface area contributed by atoms with Crippen LogP contribution in [0.25, 0.3) is 0 Å². The number of carbonyl (C=O) groups excluding carboxylic acids is 3. The van der Waals surface area contributed by atoms with E-state index < -0.39 is 17.7 Å². The minimum Gasteiger partial charge on any atom is -0.543 e. The molecule has 1 rings (SSSR count). The van der Waals surface area contributed by atoms with Gasteiger partial charge in [-0.1, -0.05) is 39.7 Å². The Balaban J connectivity index is 0.00000400. The normalized spacial score (nSPS) is 19.4. The molecule has 0 aromatic heterocycles. The molecule has 1 aliphatic rings. The first-order chi connectivity index (χ1) is 9.29. The number of hydrogen-bond acceptors (Lipinski definition) is 4. The second-order valence-electron chi connectivity index (χ2n) is 5.96. The Bertz CT molecular complexity index is 443. The summed E-state index contributed by atoms with van der Waals surface area (Å²) in [6.07, 6.45) is 5.47. The number of aliphatic carboxylic acids is 1. The molecule has 0 bridgehead atoms. The van der Waals surface area contributed by atoms with Crippen LogP contribution in [-0.4, -0.2) is 17.7 Å².